The van der Waals surface area contributed by atoms with Gasteiger partial charge in [0.05, 0.1) is 17.7 Å². The lowest BCUT2D eigenvalue weighted by molar-refractivity contribution is -0.138. The number of halogens is 4. The van der Waals surface area contributed by atoms with Gasteiger partial charge in [0.1, 0.15) is 5.60 Å². The monoisotopic (exact) mass is 558 g/mol. The van der Waals surface area contributed by atoms with Crippen molar-refractivity contribution in [3.8, 4) is 11.1 Å². The van der Waals surface area contributed by atoms with Crippen molar-refractivity contribution in [2.45, 2.75) is 38.1 Å². The predicted molar refractivity (Wildman–Crippen MR) is 141 cm³/mol. The molecule has 10 heteroatoms. The number of amides is 1. The van der Waals surface area contributed by atoms with E-state index in [0.717, 1.165) is 0 Å². The summed E-state index contributed by atoms with van der Waals surface area (Å²) in [6.07, 6.45) is -3.95. The molecule has 2 aliphatic rings. The van der Waals surface area contributed by atoms with E-state index >= 15 is 0 Å². The fraction of sp³-hybridized carbons (Fsp3) is 0.310. The molecular formula is C29H26ClF3N2O4. The molecule has 0 bridgehead atoms. The number of aromatic carboxylic acids is 1. The highest BCUT2D eigenvalue weighted by molar-refractivity contribution is 6.33. The van der Waals surface area contributed by atoms with Gasteiger partial charge in [0, 0.05) is 48.7 Å². The molecule has 6 nitrogen and oxygen atoms in total. The second-order valence-corrected chi connectivity index (χ2v) is 10.5. The first-order valence-corrected chi connectivity index (χ1v) is 12.9. The SMILES string of the molecule is Cc1cc(-c2ccccc2Cl)c(CN2CCC3(CC2)CN(c2ccc(C(=O)O)cc2)C(=O)O3)cc1C(F)(F)F. The number of piperidine rings is 1. The zero-order valence-corrected chi connectivity index (χ0v) is 21.9. The van der Waals surface area contributed by atoms with Crippen LogP contribution in [0.5, 0.6) is 0 Å². The maximum atomic E-state index is 13.8. The summed E-state index contributed by atoms with van der Waals surface area (Å²) in [6.45, 7) is 3.10. The van der Waals surface area contributed by atoms with Gasteiger partial charge in [-0.15, -0.1) is 0 Å². The van der Waals surface area contributed by atoms with Gasteiger partial charge in [-0.25, -0.2) is 9.59 Å². The van der Waals surface area contributed by atoms with E-state index in [-0.39, 0.29) is 17.7 Å². The second-order valence-electron chi connectivity index (χ2n) is 10.1. The highest BCUT2D eigenvalue weighted by Crippen LogP contribution is 2.40. The van der Waals surface area contributed by atoms with Crippen LogP contribution in [0.4, 0.5) is 23.7 Å². The highest BCUT2D eigenvalue weighted by Gasteiger charge is 2.47. The normalized spacial score (nSPS) is 17.5. The number of rotatable bonds is 5. The molecule has 0 aliphatic carbocycles. The molecule has 0 atom stereocenters. The van der Waals surface area contributed by atoms with Gasteiger partial charge in [-0.3, -0.25) is 9.80 Å². The summed E-state index contributed by atoms with van der Waals surface area (Å²) < 4.78 is 47.1. The summed E-state index contributed by atoms with van der Waals surface area (Å²) in [5.41, 5.74) is 1.28. The number of nitrogens with zero attached hydrogens (tertiary/aromatic N) is 2. The number of carbonyl (C=O) groups excluding carboxylic acids is 1. The van der Waals surface area contributed by atoms with Crippen LogP contribution in [0.1, 0.15) is 39.9 Å². The second kappa shape index (κ2) is 10.2. The van der Waals surface area contributed by atoms with Crippen LogP contribution in [0.3, 0.4) is 0 Å². The number of hydrogen-bond acceptors (Lipinski definition) is 4. The Labute approximate surface area is 228 Å². The van der Waals surface area contributed by atoms with Crippen LogP contribution in [0.2, 0.25) is 5.02 Å². The molecule has 1 N–H and O–H groups in total. The van der Waals surface area contributed by atoms with Crippen LogP contribution in [0, 0.1) is 6.92 Å². The third-order valence-electron chi connectivity index (χ3n) is 7.48. The number of hydrogen-bond donors (Lipinski definition) is 1. The first kappa shape index (κ1) is 27.0. The maximum absolute atomic E-state index is 13.8. The van der Waals surface area contributed by atoms with Gasteiger partial charge in [0.15, 0.2) is 0 Å². The average Bonchev–Trinajstić information content (AvgIpc) is 3.21. The minimum Gasteiger partial charge on any atom is -0.478 e. The summed E-state index contributed by atoms with van der Waals surface area (Å²) in [7, 11) is 0. The molecule has 2 saturated heterocycles. The van der Waals surface area contributed by atoms with Gasteiger partial charge in [-0.1, -0.05) is 35.9 Å². The van der Waals surface area contributed by atoms with Gasteiger partial charge in [-0.05, 0) is 60.0 Å². The van der Waals surface area contributed by atoms with Crippen molar-refractivity contribution in [1.82, 2.24) is 4.90 Å². The Morgan fingerprint density at radius 1 is 1.05 bits per heavy atom. The molecule has 5 rings (SSSR count). The van der Waals surface area contributed by atoms with Crippen LogP contribution in [-0.2, 0) is 17.5 Å². The number of likely N-dealkylation sites (tertiary alicyclic amines) is 1. The van der Waals surface area contributed by atoms with E-state index < -0.39 is 29.4 Å². The van der Waals surface area contributed by atoms with Crippen LogP contribution in [0.25, 0.3) is 11.1 Å². The Morgan fingerprint density at radius 3 is 2.33 bits per heavy atom. The zero-order valence-electron chi connectivity index (χ0n) is 21.1. The summed E-state index contributed by atoms with van der Waals surface area (Å²) in [5, 5.41) is 9.58. The quantitative estimate of drug-likeness (QED) is 0.364. The Bertz CT molecular complexity index is 1420. The predicted octanol–water partition coefficient (Wildman–Crippen LogP) is 7.02. The lowest BCUT2D eigenvalue weighted by Crippen LogP contribution is -2.46. The van der Waals surface area contributed by atoms with Crippen molar-refractivity contribution < 1.29 is 32.6 Å². The lowest BCUT2D eigenvalue weighted by Gasteiger charge is -2.37. The molecule has 2 fully saturated rings. The number of aryl methyl sites for hydroxylation is 1. The minimum atomic E-state index is -4.48. The topological polar surface area (TPSA) is 70.1 Å². The van der Waals surface area contributed by atoms with E-state index in [1.54, 1.807) is 42.5 Å². The highest BCUT2D eigenvalue weighted by atomic mass is 35.5. The van der Waals surface area contributed by atoms with Crippen LogP contribution < -0.4 is 4.90 Å². The number of carboxylic acids is 1. The van der Waals surface area contributed by atoms with Crippen molar-refractivity contribution in [3.05, 3.63) is 87.9 Å². The van der Waals surface area contributed by atoms with Crippen molar-refractivity contribution in [3.63, 3.8) is 0 Å². The third-order valence-corrected chi connectivity index (χ3v) is 7.81. The Hall–Kier alpha value is -3.56. The Kier molecular flexibility index (Phi) is 7.07. The van der Waals surface area contributed by atoms with Gasteiger partial charge in [-0.2, -0.15) is 13.2 Å². The molecule has 0 saturated carbocycles. The standard InChI is InChI=1S/C29H26ClF3N2O4/c1-18-14-23(22-4-2-3-5-25(22)30)20(15-24(18)29(31,32)33)16-34-12-10-28(11-13-34)17-35(27(38)39-28)21-8-6-19(7-9-21)26(36)37/h2-9,14-15H,10-13,16-17H2,1H3,(H,36,37). The lowest BCUT2D eigenvalue weighted by atomic mass is 9.89. The van der Waals surface area contributed by atoms with Crippen LogP contribution in [-0.4, -0.2) is 47.3 Å². The van der Waals surface area contributed by atoms with Gasteiger partial charge in [0.25, 0.3) is 0 Å². The van der Waals surface area contributed by atoms with Crippen LogP contribution in [0.15, 0.2) is 60.7 Å². The van der Waals surface area contributed by atoms with E-state index in [2.05, 4.69) is 4.90 Å². The molecule has 0 aromatic heterocycles. The summed E-state index contributed by atoms with van der Waals surface area (Å²) >= 11 is 6.42. The van der Waals surface area contributed by atoms with Gasteiger partial charge < -0.3 is 9.84 Å². The summed E-state index contributed by atoms with van der Waals surface area (Å²) in [4.78, 5) is 27.4. The molecule has 2 aliphatic heterocycles. The third kappa shape index (κ3) is 5.46. The Balaban J connectivity index is 1.34. The molecule has 2 heterocycles. The number of carbonyl (C=O) groups is 2. The van der Waals surface area contributed by atoms with E-state index in [1.165, 1.54) is 30.0 Å². The summed E-state index contributed by atoms with van der Waals surface area (Å²) in [6, 6.07) is 15.9. The fourth-order valence-corrected chi connectivity index (χ4v) is 5.58. The van der Waals surface area contributed by atoms with E-state index in [0.29, 0.717) is 59.9 Å². The zero-order chi connectivity index (χ0) is 27.9. The smallest absolute Gasteiger partial charge is 0.416 e. The molecule has 39 heavy (non-hydrogen) atoms. The van der Waals surface area contributed by atoms with Crippen molar-refractivity contribution in [1.29, 1.82) is 0 Å². The first-order chi connectivity index (χ1) is 18.5. The number of ether oxygens (including phenoxy) is 1. The number of anilines is 1. The van der Waals surface area contributed by atoms with E-state index in [1.807, 2.05) is 0 Å². The van der Waals surface area contributed by atoms with Crippen molar-refractivity contribution >= 4 is 29.4 Å². The van der Waals surface area contributed by atoms with E-state index in [4.69, 9.17) is 21.4 Å². The van der Waals surface area contributed by atoms with Gasteiger partial charge in [0.2, 0.25) is 0 Å². The first-order valence-electron chi connectivity index (χ1n) is 12.5. The van der Waals surface area contributed by atoms with Crippen molar-refractivity contribution in [2.75, 3.05) is 24.5 Å². The molecule has 204 valence electrons. The number of benzene rings is 3. The molecule has 0 unspecified atom stereocenters. The minimum absolute atomic E-state index is 0.121. The van der Waals surface area contributed by atoms with Crippen LogP contribution >= 0.6 is 11.6 Å². The number of alkyl halides is 3. The van der Waals surface area contributed by atoms with E-state index in [9.17, 15) is 22.8 Å². The van der Waals surface area contributed by atoms with Crippen molar-refractivity contribution in [2.24, 2.45) is 0 Å². The van der Waals surface area contributed by atoms with Gasteiger partial charge >= 0.3 is 18.2 Å². The molecule has 1 spiro atoms. The number of carboxylic acid groups (broad SMARTS) is 1. The molecular weight excluding hydrogens is 533 g/mol. The Morgan fingerprint density at radius 2 is 1.72 bits per heavy atom. The molecule has 0 radical (unpaired) electrons. The average molecular weight is 559 g/mol. The molecule has 1 amide bonds. The fourth-order valence-electron chi connectivity index (χ4n) is 5.35. The largest absolute Gasteiger partial charge is 0.478 e. The molecule has 3 aromatic rings. The summed E-state index contributed by atoms with van der Waals surface area (Å²) in [5.74, 6) is -1.05. The maximum Gasteiger partial charge on any atom is 0.416 e. The molecule has 3 aromatic carbocycles.